The van der Waals surface area contributed by atoms with Crippen LogP contribution < -0.4 is 5.32 Å². The quantitative estimate of drug-likeness (QED) is 0.472. The van der Waals surface area contributed by atoms with Gasteiger partial charge in [0, 0.05) is 11.3 Å². The van der Waals surface area contributed by atoms with Gasteiger partial charge in [-0.15, -0.1) is 11.3 Å². The van der Waals surface area contributed by atoms with Crippen molar-refractivity contribution in [3.05, 3.63) is 40.2 Å². The van der Waals surface area contributed by atoms with Crippen LogP contribution in [0.5, 0.6) is 0 Å². The minimum absolute atomic E-state index is 0.0247. The van der Waals surface area contributed by atoms with Crippen LogP contribution in [0, 0.1) is 0 Å². The molecule has 2 amide bonds. The Morgan fingerprint density at radius 1 is 1.35 bits per heavy atom. The summed E-state index contributed by atoms with van der Waals surface area (Å²) in [6.45, 7) is 2.28. The first kappa shape index (κ1) is 22.0. The third-order valence-electron chi connectivity index (χ3n) is 5.17. The maximum atomic E-state index is 12.8. The van der Waals surface area contributed by atoms with Gasteiger partial charge < -0.3 is 14.5 Å². The van der Waals surface area contributed by atoms with Crippen LogP contribution in [-0.2, 0) is 33.7 Å². The number of furan rings is 1. The number of thiocarbonyl (C=S) groups is 1. The van der Waals surface area contributed by atoms with E-state index >= 15 is 0 Å². The number of fused-ring (bicyclic) bond motifs is 1. The molecule has 3 heterocycles. The number of nitrogens with one attached hydrogen (secondary N) is 1. The van der Waals surface area contributed by atoms with E-state index in [1.54, 1.807) is 25.3 Å². The number of esters is 1. The van der Waals surface area contributed by atoms with Gasteiger partial charge in [-0.05, 0) is 50.3 Å². The second-order valence-corrected chi connectivity index (χ2v) is 10.2. The number of thioether (sulfide) groups is 1. The normalized spacial score (nSPS) is 18.2. The molecule has 31 heavy (non-hydrogen) atoms. The number of amides is 2. The second-order valence-electron chi connectivity index (χ2n) is 7.26. The van der Waals surface area contributed by atoms with Gasteiger partial charge in [-0.1, -0.05) is 24.0 Å². The van der Waals surface area contributed by atoms with Gasteiger partial charge in [0.1, 0.15) is 15.1 Å². The molecule has 0 radical (unpaired) electrons. The summed E-state index contributed by atoms with van der Waals surface area (Å²) in [7, 11) is 0. The predicted octanol–water partition coefficient (Wildman–Crippen LogP) is 4.15. The average Bonchev–Trinajstić information content (AvgIpc) is 3.43. The number of anilines is 1. The highest BCUT2D eigenvalue weighted by Crippen LogP contribution is 2.39. The molecule has 0 saturated carbocycles. The van der Waals surface area contributed by atoms with Gasteiger partial charge in [-0.25, -0.2) is 4.79 Å². The van der Waals surface area contributed by atoms with E-state index in [1.807, 2.05) is 0 Å². The maximum absolute atomic E-state index is 12.8. The molecule has 1 saturated heterocycles. The lowest BCUT2D eigenvalue weighted by Crippen LogP contribution is -2.32. The highest BCUT2D eigenvalue weighted by molar-refractivity contribution is 8.24. The van der Waals surface area contributed by atoms with Crippen LogP contribution in [0.15, 0.2) is 22.8 Å². The Morgan fingerprint density at radius 2 is 2.16 bits per heavy atom. The highest BCUT2D eigenvalue weighted by Gasteiger charge is 2.39. The molecule has 1 atom stereocenters. The number of rotatable bonds is 7. The van der Waals surface area contributed by atoms with Crippen LogP contribution >= 0.6 is 35.3 Å². The molecule has 10 heteroatoms. The van der Waals surface area contributed by atoms with E-state index in [-0.39, 0.29) is 31.4 Å². The van der Waals surface area contributed by atoms with Crippen molar-refractivity contribution in [3.8, 4) is 0 Å². The lowest BCUT2D eigenvalue weighted by molar-refractivity contribution is -0.128. The van der Waals surface area contributed by atoms with Crippen LogP contribution in [0.4, 0.5) is 5.00 Å². The Labute approximate surface area is 193 Å². The zero-order chi connectivity index (χ0) is 22.0. The molecule has 0 aromatic carbocycles. The van der Waals surface area contributed by atoms with Crippen molar-refractivity contribution in [2.75, 3.05) is 11.9 Å². The van der Waals surface area contributed by atoms with Gasteiger partial charge in [0.25, 0.3) is 0 Å². The van der Waals surface area contributed by atoms with Crippen LogP contribution in [0.25, 0.3) is 0 Å². The number of hydrogen-bond donors (Lipinski definition) is 1. The number of aryl methyl sites for hydroxylation is 1. The van der Waals surface area contributed by atoms with Gasteiger partial charge in [-0.2, -0.15) is 0 Å². The van der Waals surface area contributed by atoms with E-state index in [0.717, 1.165) is 36.1 Å². The van der Waals surface area contributed by atoms with Gasteiger partial charge in [0.05, 0.1) is 30.2 Å². The lowest BCUT2D eigenvalue weighted by atomic mass is 9.95. The standard InChI is InChI=1S/C21H22N2O5S3/c1-2-27-20(26)17-13-7-3-4-8-14(13)30-18(17)22-16(24)10-15-19(25)23(21(29)31-15)11-12-6-5-9-28-12/h5-6,9,15H,2-4,7-8,10-11H2,1H3,(H,22,24). The molecule has 0 bridgehead atoms. The molecule has 1 unspecified atom stereocenters. The largest absolute Gasteiger partial charge is 0.467 e. The van der Waals surface area contributed by atoms with E-state index < -0.39 is 11.2 Å². The molecule has 1 aliphatic heterocycles. The molecule has 2 aromatic heterocycles. The minimum Gasteiger partial charge on any atom is -0.467 e. The van der Waals surface area contributed by atoms with E-state index in [4.69, 9.17) is 21.4 Å². The topological polar surface area (TPSA) is 88.8 Å². The predicted molar refractivity (Wildman–Crippen MR) is 123 cm³/mol. The smallest absolute Gasteiger partial charge is 0.341 e. The first-order valence-corrected chi connectivity index (χ1v) is 12.2. The molecule has 0 spiro atoms. The van der Waals surface area contributed by atoms with E-state index in [9.17, 15) is 14.4 Å². The van der Waals surface area contributed by atoms with Gasteiger partial charge >= 0.3 is 5.97 Å². The molecule has 164 valence electrons. The molecule has 2 aromatic rings. The Hall–Kier alpha value is -2.17. The van der Waals surface area contributed by atoms with Crippen molar-refractivity contribution >= 4 is 62.4 Å². The Balaban J connectivity index is 1.45. The third kappa shape index (κ3) is 4.70. The molecule has 2 aliphatic rings. The number of carbonyl (C=O) groups excluding carboxylic acids is 3. The molecular weight excluding hydrogens is 456 g/mol. The van der Waals surface area contributed by atoms with Crippen molar-refractivity contribution in [2.45, 2.75) is 50.8 Å². The van der Waals surface area contributed by atoms with E-state index in [1.165, 1.54) is 28.0 Å². The highest BCUT2D eigenvalue weighted by atomic mass is 32.2. The number of nitrogens with zero attached hydrogens (tertiary/aromatic N) is 1. The van der Waals surface area contributed by atoms with Crippen molar-refractivity contribution in [2.24, 2.45) is 0 Å². The Bertz CT molecular complexity index is 1010. The zero-order valence-electron chi connectivity index (χ0n) is 17.0. The molecule has 4 rings (SSSR count). The number of carbonyl (C=O) groups is 3. The fourth-order valence-corrected chi connectivity index (χ4v) is 6.53. The van der Waals surface area contributed by atoms with Crippen LogP contribution in [-0.4, -0.2) is 38.9 Å². The summed E-state index contributed by atoms with van der Waals surface area (Å²) in [5.41, 5.74) is 1.46. The summed E-state index contributed by atoms with van der Waals surface area (Å²) in [6, 6.07) is 3.52. The first-order valence-electron chi connectivity index (χ1n) is 10.1. The zero-order valence-corrected chi connectivity index (χ0v) is 19.4. The number of hydrogen-bond acceptors (Lipinski definition) is 8. The fourth-order valence-electron chi connectivity index (χ4n) is 3.75. The lowest BCUT2D eigenvalue weighted by Gasteiger charge is -2.14. The van der Waals surface area contributed by atoms with Crippen LogP contribution in [0.2, 0.25) is 0 Å². The van der Waals surface area contributed by atoms with Crippen molar-refractivity contribution < 1.29 is 23.5 Å². The summed E-state index contributed by atoms with van der Waals surface area (Å²) in [5.74, 6) is -0.311. The first-order chi connectivity index (χ1) is 15.0. The van der Waals surface area contributed by atoms with Crippen molar-refractivity contribution in [1.29, 1.82) is 0 Å². The minimum atomic E-state index is -0.594. The molecule has 7 nitrogen and oxygen atoms in total. The van der Waals surface area contributed by atoms with E-state index in [2.05, 4.69) is 5.32 Å². The van der Waals surface area contributed by atoms with Gasteiger partial charge in [0.2, 0.25) is 11.8 Å². The maximum Gasteiger partial charge on any atom is 0.341 e. The molecule has 1 fully saturated rings. The van der Waals surface area contributed by atoms with E-state index in [0.29, 0.717) is 20.6 Å². The van der Waals surface area contributed by atoms with Crippen molar-refractivity contribution in [3.63, 3.8) is 0 Å². The van der Waals surface area contributed by atoms with Gasteiger partial charge in [-0.3, -0.25) is 14.5 Å². The van der Waals surface area contributed by atoms with Crippen molar-refractivity contribution in [1.82, 2.24) is 4.90 Å². The molecular formula is C21H22N2O5S3. The monoisotopic (exact) mass is 478 g/mol. The number of ether oxygens (including phenoxy) is 1. The average molecular weight is 479 g/mol. The van der Waals surface area contributed by atoms with Crippen LogP contribution in [0.1, 0.15) is 52.7 Å². The Kier molecular flexibility index (Phi) is 6.78. The fraction of sp³-hybridized carbons (Fsp3) is 0.429. The second kappa shape index (κ2) is 9.54. The van der Waals surface area contributed by atoms with Gasteiger partial charge in [0.15, 0.2) is 0 Å². The van der Waals surface area contributed by atoms with Crippen LogP contribution in [0.3, 0.4) is 0 Å². The molecule has 1 aliphatic carbocycles. The summed E-state index contributed by atoms with van der Waals surface area (Å²) in [5, 5.41) is 2.78. The SMILES string of the molecule is CCOC(=O)c1c(NC(=O)CC2SC(=S)N(Cc3ccco3)C2=O)sc2c1CCCC2. The molecule has 1 N–H and O–H groups in total. The summed E-state index contributed by atoms with van der Waals surface area (Å²) < 4.78 is 11.0. The number of thiophene rings is 1. The third-order valence-corrected chi connectivity index (χ3v) is 7.96. The summed E-state index contributed by atoms with van der Waals surface area (Å²) in [4.78, 5) is 40.7. The Morgan fingerprint density at radius 3 is 2.90 bits per heavy atom. The summed E-state index contributed by atoms with van der Waals surface area (Å²) >= 11 is 7.97. The summed E-state index contributed by atoms with van der Waals surface area (Å²) in [6.07, 6.45) is 5.30.